The molecule has 9 nitrogen and oxygen atoms in total. The predicted octanol–water partition coefficient (Wildman–Crippen LogP) is 0.431. The van der Waals surface area contributed by atoms with Crippen LogP contribution in [0.5, 0.6) is 11.8 Å². The highest BCUT2D eigenvalue weighted by Gasteiger charge is 2.11. The van der Waals surface area contributed by atoms with Crippen LogP contribution in [0, 0.1) is 5.82 Å². The van der Waals surface area contributed by atoms with Crippen molar-refractivity contribution in [1.29, 1.82) is 0 Å². The Morgan fingerprint density at radius 2 is 2.13 bits per heavy atom. The Labute approximate surface area is 171 Å². The Hall–Kier alpha value is -3.60. The largest absolute Gasteiger partial charge is 0.494 e. The minimum Gasteiger partial charge on any atom is -0.494 e. The van der Waals surface area contributed by atoms with Crippen LogP contribution < -0.4 is 10.8 Å². The molecule has 0 fully saturated rings. The van der Waals surface area contributed by atoms with Crippen molar-refractivity contribution in [3.8, 4) is 11.8 Å². The first kappa shape index (κ1) is 19.7. The van der Waals surface area contributed by atoms with Gasteiger partial charge in [0.15, 0.2) is 17.4 Å². The summed E-state index contributed by atoms with van der Waals surface area (Å²) in [6.45, 7) is 0.316. The summed E-state index contributed by atoms with van der Waals surface area (Å²) in [4.78, 5) is 15.3. The summed E-state index contributed by atoms with van der Waals surface area (Å²) < 4.78 is 26.7. The van der Waals surface area contributed by atoms with Crippen LogP contribution in [0.4, 0.5) is 4.39 Å². The molecule has 4 aromatic rings. The number of aromatic hydroxyl groups is 2. The van der Waals surface area contributed by atoms with Crippen LogP contribution in [0.1, 0.15) is 11.1 Å². The quantitative estimate of drug-likeness (QED) is 0.423. The predicted molar refractivity (Wildman–Crippen MR) is 107 cm³/mol. The highest BCUT2D eigenvalue weighted by atomic mass is 32.2. The lowest BCUT2D eigenvalue weighted by molar-refractivity contribution is 0.425. The van der Waals surface area contributed by atoms with E-state index in [1.807, 2.05) is 0 Å². The van der Waals surface area contributed by atoms with Crippen molar-refractivity contribution >= 4 is 22.5 Å². The van der Waals surface area contributed by atoms with Gasteiger partial charge in [-0.15, -0.1) is 0 Å². The zero-order chi connectivity index (χ0) is 21.3. The highest BCUT2D eigenvalue weighted by molar-refractivity contribution is 7.84. The number of nitrogens with one attached hydrogen (secondary N) is 1. The number of rotatable bonds is 5. The molecule has 0 spiro atoms. The van der Waals surface area contributed by atoms with E-state index in [2.05, 4.69) is 25.0 Å². The maximum Gasteiger partial charge on any atom is 0.250 e. The first-order valence-corrected chi connectivity index (χ1v) is 10.4. The van der Waals surface area contributed by atoms with Gasteiger partial charge in [-0.25, -0.2) is 9.38 Å². The lowest BCUT2D eigenvalue weighted by Gasteiger charge is -2.00. The van der Waals surface area contributed by atoms with Crippen LogP contribution >= 0.6 is 0 Å². The molecule has 30 heavy (non-hydrogen) atoms. The van der Waals surface area contributed by atoms with Crippen LogP contribution in [0.2, 0.25) is 0 Å². The van der Waals surface area contributed by atoms with Gasteiger partial charge in [0.2, 0.25) is 10.8 Å². The molecular formula is C19H17FN6O3S. The number of hydrogen-bond donors (Lipinski definition) is 3. The molecule has 0 aliphatic carbocycles. The molecule has 0 bridgehead atoms. The van der Waals surface area contributed by atoms with E-state index in [0.717, 1.165) is 5.56 Å². The van der Waals surface area contributed by atoms with Gasteiger partial charge >= 0.3 is 0 Å². The summed E-state index contributed by atoms with van der Waals surface area (Å²) in [5.41, 5.74) is 1.69. The Morgan fingerprint density at radius 1 is 1.30 bits per heavy atom. The van der Waals surface area contributed by atoms with E-state index in [-0.39, 0.29) is 28.4 Å². The fourth-order valence-corrected chi connectivity index (χ4v) is 3.32. The van der Waals surface area contributed by atoms with Crippen molar-refractivity contribution in [3.63, 3.8) is 0 Å². The standard InChI is InChI=1S/C19H17FN6O3S/c1-30(29)19-24-16-13(8-12-9-15(27)23-17(12)28)10-22-26(16)18(25-19)21-6-5-11-3-2-4-14(20)7-11/h2-4,7-10,23,27-28H,5-6H2,1H3. The lowest BCUT2D eigenvalue weighted by atomic mass is 10.1. The van der Waals surface area contributed by atoms with Gasteiger partial charge in [-0.05, 0) is 30.2 Å². The fraction of sp³-hybridized carbons (Fsp3) is 0.158. The van der Waals surface area contributed by atoms with Gasteiger partial charge < -0.3 is 10.2 Å². The second-order valence-corrected chi connectivity index (χ2v) is 7.73. The van der Waals surface area contributed by atoms with Crippen molar-refractivity contribution in [1.82, 2.24) is 24.6 Å². The van der Waals surface area contributed by atoms with Crippen LogP contribution in [-0.4, -0.2) is 51.8 Å². The van der Waals surface area contributed by atoms with Crippen molar-refractivity contribution in [3.05, 3.63) is 64.3 Å². The van der Waals surface area contributed by atoms with Crippen molar-refractivity contribution in [2.24, 2.45) is 4.99 Å². The summed E-state index contributed by atoms with van der Waals surface area (Å²) in [7, 11) is -1.46. The number of aromatic nitrogens is 5. The van der Waals surface area contributed by atoms with Gasteiger partial charge in [0.25, 0.3) is 0 Å². The minimum absolute atomic E-state index is 0.0864. The molecule has 0 aliphatic rings. The molecule has 0 saturated carbocycles. The Morgan fingerprint density at radius 3 is 2.83 bits per heavy atom. The smallest absolute Gasteiger partial charge is 0.250 e. The Bertz CT molecular complexity index is 1380. The van der Waals surface area contributed by atoms with E-state index in [1.165, 1.54) is 35.2 Å². The first-order valence-electron chi connectivity index (χ1n) is 8.87. The maximum absolute atomic E-state index is 13.3. The minimum atomic E-state index is -1.46. The third kappa shape index (κ3) is 4.06. The monoisotopic (exact) mass is 428 g/mol. The molecule has 11 heteroatoms. The molecule has 0 radical (unpaired) electrons. The lowest BCUT2D eigenvalue weighted by Crippen LogP contribution is -2.25. The molecular weight excluding hydrogens is 411 g/mol. The van der Waals surface area contributed by atoms with Crippen LogP contribution in [-0.2, 0) is 17.2 Å². The molecule has 3 aromatic heterocycles. The van der Waals surface area contributed by atoms with E-state index in [4.69, 9.17) is 0 Å². The number of nitrogens with zero attached hydrogens (tertiary/aromatic N) is 5. The number of H-pyrrole nitrogens is 1. The van der Waals surface area contributed by atoms with E-state index < -0.39 is 10.8 Å². The third-order valence-electron chi connectivity index (χ3n) is 4.28. The number of benzene rings is 1. The summed E-state index contributed by atoms with van der Waals surface area (Å²) in [6, 6.07) is 7.61. The van der Waals surface area contributed by atoms with Crippen LogP contribution in [0.25, 0.3) is 11.7 Å². The second kappa shape index (κ2) is 8.03. The molecule has 0 aliphatic heterocycles. The van der Waals surface area contributed by atoms with Crippen LogP contribution in [0.3, 0.4) is 0 Å². The first-order chi connectivity index (χ1) is 14.4. The Balaban J connectivity index is 1.79. The van der Waals surface area contributed by atoms with Crippen molar-refractivity contribution in [2.75, 3.05) is 12.8 Å². The van der Waals surface area contributed by atoms with Crippen molar-refractivity contribution in [2.45, 2.75) is 11.6 Å². The average molecular weight is 428 g/mol. The van der Waals surface area contributed by atoms with Gasteiger partial charge in [0.1, 0.15) is 5.82 Å². The average Bonchev–Trinajstić information content (AvgIpc) is 3.24. The van der Waals surface area contributed by atoms with E-state index in [9.17, 15) is 18.8 Å². The molecule has 1 unspecified atom stereocenters. The molecule has 3 heterocycles. The summed E-state index contributed by atoms with van der Waals surface area (Å²) in [5.74, 6) is -0.708. The summed E-state index contributed by atoms with van der Waals surface area (Å²) in [5, 5.41) is 24.2. The SMILES string of the molecule is CS(=O)c1nc(=NCCc2cccc(F)c2)n2ncc(=Cc3cc(O)[nH]c3O)c2n1. The van der Waals surface area contributed by atoms with Gasteiger partial charge in [-0.3, -0.25) is 9.19 Å². The molecule has 1 aromatic carbocycles. The maximum atomic E-state index is 13.3. The molecule has 3 N–H and O–H groups in total. The third-order valence-corrected chi connectivity index (χ3v) is 4.98. The van der Waals surface area contributed by atoms with E-state index in [1.54, 1.807) is 18.2 Å². The summed E-state index contributed by atoms with van der Waals surface area (Å²) >= 11 is 0. The number of aromatic amines is 1. The number of halogens is 1. The normalized spacial score (nSPS) is 13.9. The summed E-state index contributed by atoms with van der Waals surface area (Å²) in [6.07, 6.45) is 5.02. The topological polar surface area (TPSA) is 129 Å². The fourth-order valence-electron chi connectivity index (χ4n) is 2.89. The van der Waals surface area contributed by atoms with Gasteiger partial charge in [0, 0.05) is 29.6 Å². The van der Waals surface area contributed by atoms with E-state index >= 15 is 0 Å². The molecule has 1 atom stereocenters. The molecule has 154 valence electrons. The zero-order valence-electron chi connectivity index (χ0n) is 15.8. The van der Waals surface area contributed by atoms with Gasteiger partial charge in [0.05, 0.1) is 17.0 Å². The Kier molecular flexibility index (Phi) is 5.27. The van der Waals surface area contributed by atoms with Crippen LogP contribution in [0.15, 0.2) is 46.7 Å². The number of hydrogen-bond acceptors (Lipinski definition) is 7. The van der Waals surface area contributed by atoms with Gasteiger partial charge in [-0.1, -0.05) is 12.1 Å². The van der Waals surface area contributed by atoms with E-state index in [0.29, 0.717) is 29.4 Å². The molecule has 0 saturated heterocycles. The molecule has 4 rings (SSSR count). The highest BCUT2D eigenvalue weighted by Crippen LogP contribution is 2.21. The number of fused-ring (bicyclic) bond motifs is 1. The second-order valence-electron chi connectivity index (χ2n) is 6.46. The molecule has 0 amide bonds. The van der Waals surface area contributed by atoms with Crippen molar-refractivity contribution < 1.29 is 18.8 Å². The zero-order valence-corrected chi connectivity index (χ0v) is 16.6. The van der Waals surface area contributed by atoms with Gasteiger partial charge in [-0.2, -0.15) is 19.6 Å².